The van der Waals surface area contributed by atoms with E-state index in [1.165, 1.54) is 14.0 Å². The zero-order chi connectivity index (χ0) is 37.7. The molecule has 13 nitrogen and oxygen atoms in total. The summed E-state index contributed by atoms with van der Waals surface area (Å²) in [5, 5.41) is 45.2. The SMILES string of the molecule is CC[C@H](O)[C@@](C)(O)[C@@H]1OC(=O)[C@H](C)[C@@H](O[C@H]2C[C@@](C)(OC)[C@@H](O)[C@H](C)O2)[C@H](C)[C@@H](O[C@@H]2O[C@H](C)C[C@H](N(C)C)[C@H]2O)C2(C)CC(C)=C(O2)[C@@H]1C. The van der Waals surface area contributed by atoms with Gasteiger partial charge < -0.3 is 58.5 Å². The van der Waals surface area contributed by atoms with Crippen LogP contribution in [0.2, 0.25) is 0 Å². The second kappa shape index (κ2) is 15.5. The van der Waals surface area contributed by atoms with E-state index < -0.39 is 95.8 Å². The number of rotatable bonds is 9. The van der Waals surface area contributed by atoms with Gasteiger partial charge in [-0.2, -0.15) is 0 Å². The van der Waals surface area contributed by atoms with E-state index in [-0.39, 0.29) is 25.0 Å². The van der Waals surface area contributed by atoms with Crippen molar-refractivity contribution >= 4 is 5.97 Å². The van der Waals surface area contributed by atoms with Gasteiger partial charge in [0.25, 0.3) is 0 Å². The van der Waals surface area contributed by atoms with Crippen LogP contribution in [-0.4, -0.2) is 137 Å². The Morgan fingerprint density at radius 2 is 1.70 bits per heavy atom. The molecule has 4 N–H and O–H groups in total. The molecular weight excluding hydrogens is 650 g/mol. The Hall–Kier alpha value is -1.39. The molecule has 290 valence electrons. The minimum absolute atomic E-state index is 0.174. The highest BCUT2D eigenvalue weighted by Crippen LogP contribution is 2.48. The van der Waals surface area contributed by atoms with Crippen molar-refractivity contribution in [1.82, 2.24) is 4.90 Å². The van der Waals surface area contributed by atoms with Crippen LogP contribution in [0.5, 0.6) is 0 Å². The first-order valence-electron chi connectivity index (χ1n) is 18.3. The molecule has 0 aromatic heterocycles. The average molecular weight is 716 g/mol. The van der Waals surface area contributed by atoms with Crippen LogP contribution in [0, 0.1) is 17.8 Å². The maximum Gasteiger partial charge on any atom is 0.311 e. The van der Waals surface area contributed by atoms with Crippen LogP contribution in [0.3, 0.4) is 0 Å². The van der Waals surface area contributed by atoms with Gasteiger partial charge in [0, 0.05) is 31.9 Å². The highest BCUT2D eigenvalue weighted by atomic mass is 16.7. The second-order valence-corrected chi connectivity index (χ2v) is 16.3. The zero-order valence-electron chi connectivity index (χ0n) is 32.4. The van der Waals surface area contributed by atoms with E-state index >= 15 is 0 Å². The lowest BCUT2D eigenvalue weighted by molar-refractivity contribution is -0.316. The Morgan fingerprint density at radius 3 is 2.28 bits per heavy atom. The van der Waals surface area contributed by atoms with Crippen LogP contribution in [0.4, 0.5) is 0 Å². The van der Waals surface area contributed by atoms with E-state index in [4.69, 9.17) is 33.2 Å². The molecule has 3 saturated heterocycles. The summed E-state index contributed by atoms with van der Waals surface area (Å²) in [5.74, 6) is -2.26. The molecule has 4 rings (SSSR count). The fourth-order valence-electron chi connectivity index (χ4n) is 8.73. The molecule has 0 spiro atoms. The van der Waals surface area contributed by atoms with E-state index in [9.17, 15) is 25.2 Å². The number of cyclic esters (lactones) is 1. The van der Waals surface area contributed by atoms with Gasteiger partial charge in [-0.25, -0.2) is 0 Å². The van der Waals surface area contributed by atoms with E-state index in [1.807, 2.05) is 53.6 Å². The van der Waals surface area contributed by atoms with Crippen molar-refractivity contribution in [1.29, 1.82) is 0 Å². The number of aliphatic hydroxyl groups is 4. The van der Waals surface area contributed by atoms with Crippen LogP contribution in [0.25, 0.3) is 0 Å². The van der Waals surface area contributed by atoms with Gasteiger partial charge in [0.2, 0.25) is 0 Å². The van der Waals surface area contributed by atoms with Crippen molar-refractivity contribution in [2.75, 3.05) is 21.2 Å². The fourth-order valence-corrected chi connectivity index (χ4v) is 8.73. The summed E-state index contributed by atoms with van der Waals surface area (Å²) in [7, 11) is 5.35. The molecule has 0 amide bonds. The Labute approximate surface area is 298 Å². The Bertz CT molecular complexity index is 1210. The molecule has 50 heavy (non-hydrogen) atoms. The largest absolute Gasteiger partial charge is 0.488 e. The highest BCUT2D eigenvalue weighted by Gasteiger charge is 2.57. The smallest absolute Gasteiger partial charge is 0.311 e. The average Bonchev–Trinajstić information content (AvgIpc) is 3.36. The van der Waals surface area contributed by atoms with E-state index in [0.29, 0.717) is 18.6 Å². The zero-order valence-corrected chi connectivity index (χ0v) is 32.4. The Morgan fingerprint density at radius 1 is 1.06 bits per heavy atom. The monoisotopic (exact) mass is 715 g/mol. The first-order valence-corrected chi connectivity index (χ1v) is 18.3. The van der Waals surface area contributed by atoms with E-state index in [0.717, 1.165) is 5.57 Å². The minimum Gasteiger partial charge on any atom is -0.488 e. The standard InChI is InChI=1S/C37H65NO12/c1-14-25(39)37(10,43)32-20(4)28-18(2)16-36(9,50-28)31(49-34-27(40)24(38(11)12)15-19(3)45-34)21(5)29(22(6)33(42)48-32)47-26-17-35(8,44-13)30(41)23(7)46-26/h19-27,29-32,34,39-41,43H,14-17H2,1-13H3/t19-,20+,21+,22-,23+,24+,25+,26+,27-,29+,30+,31-,32-,34+,35-,36?,37-/m1/s1. The third-order valence-corrected chi connectivity index (χ3v) is 11.9. The molecule has 2 bridgehead atoms. The molecule has 4 heterocycles. The fraction of sp³-hybridized carbons (Fsp3) is 0.919. The van der Waals surface area contributed by atoms with Crippen LogP contribution in [-0.2, 0) is 38.0 Å². The van der Waals surface area contributed by atoms with Crippen LogP contribution in [0.1, 0.15) is 94.9 Å². The summed E-state index contributed by atoms with van der Waals surface area (Å²) in [6.45, 7) is 18.0. The third kappa shape index (κ3) is 7.93. The number of nitrogens with zero attached hydrogens (tertiary/aromatic N) is 1. The van der Waals surface area contributed by atoms with Gasteiger partial charge in [0.05, 0.1) is 41.9 Å². The van der Waals surface area contributed by atoms with Gasteiger partial charge in [0.1, 0.15) is 41.4 Å². The van der Waals surface area contributed by atoms with Gasteiger partial charge in [-0.05, 0) is 81.0 Å². The van der Waals surface area contributed by atoms with Crippen LogP contribution >= 0.6 is 0 Å². The molecule has 0 aromatic carbocycles. The van der Waals surface area contributed by atoms with Gasteiger partial charge in [-0.15, -0.1) is 0 Å². The van der Waals surface area contributed by atoms with Crippen molar-refractivity contribution in [3.63, 3.8) is 0 Å². The molecular formula is C37H65NO12. The summed E-state index contributed by atoms with van der Waals surface area (Å²) in [5.41, 5.74) is -2.95. The van der Waals surface area contributed by atoms with Crippen molar-refractivity contribution in [3.05, 3.63) is 11.3 Å². The van der Waals surface area contributed by atoms with Crippen LogP contribution in [0.15, 0.2) is 11.3 Å². The van der Waals surface area contributed by atoms with Gasteiger partial charge in [0.15, 0.2) is 12.6 Å². The number of aliphatic hydroxyl groups excluding tert-OH is 3. The number of ether oxygens (including phenoxy) is 7. The maximum atomic E-state index is 14.3. The van der Waals surface area contributed by atoms with Crippen LogP contribution < -0.4 is 0 Å². The Kier molecular flexibility index (Phi) is 12.8. The molecule has 3 fully saturated rings. The predicted molar refractivity (Wildman–Crippen MR) is 184 cm³/mol. The van der Waals surface area contributed by atoms with Crippen molar-refractivity contribution in [3.8, 4) is 0 Å². The lowest BCUT2D eigenvalue weighted by Crippen LogP contribution is -2.60. The van der Waals surface area contributed by atoms with Gasteiger partial charge >= 0.3 is 5.97 Å². The molecule has 0 saturated carbocycles. The lowest BCUT2D eigenvalue weighted by Gasteiger charge is -2.48. The number of methoxy groups -OCH3 is 1. The summed E-state index contributed by atoms with van der Waals surface area (Å²) in [6, 6.07) is -0.223. The quantitative estimate of drug-likeness (QED) is 0.258. The highest BCUT2D eigenvalue weighted by molar-refractivity contribution is 5.73. The number of likely N-dealkylation sites (N-methyl/N-ethyl adjacent to an activating group) is 1. The molecule has 4 aliphatic rings. The van der Waals surface area contributed by atoms with Crippen molar-refractivity contribution < 1.29 is 58.4 Å². The summed E-state index contributed by atoms with van der Waals surface area (Å²) >= 11 is 0. The maximum absolute atomic E-state index is 14.3. The first-order chi connectivity index (χ1) is 23.1. The molecule has 17 atom stereocenters. The predicted octanol–water partition coefficient (Wildman–Crippen LogP) is 2.89. The molecule has 1 unspecified atom stereocenters. The van der Waals surface area contributed by atoms with Gasteiger partial charge in [-0.1, -0.05) is 20.8 Å². The molecule has 0 aliphatic carbocycles. The molecule has 4 aliphatic heterocycles. The van der Waals surface area contributed by atoms with Crippen molar-refractivity contribution in [2.45, 2.75) is 179 Å². The summed E-state index contributed by atoms with van der Waals surface area (Å²) < 4.78 is 44.8. The number of carbonyl (C=O) groups excluding carboxylic acids is 1. The number of hydrogen-bond donors (Lipinski definition) is 4. The van der Waals surface area contributed by atoms with Gasteiger partial charge in [-0.3, -0.25) is 4.79 Å². The summed E-state index contributed by atoms with van der Waals surface area (Å²) in [6.07, 6.45) is -7.24. The topological polar surface area (TPSA) is 166 Å². The number of esters is 1. The van der Waals surface area contributed by atoms with Crippen molar-refractivity contribution in [2.24, 2.45) is 17.8 Å². The number of fused-ring (bicyclic) bond motifs is 2. The minimum atomic E-state index is -1.82. The van der Waals surface area contributed by atoms with E-state index in [1.54, 1.807) is 27.7 Å². The number of hydrogen-bond acceptors (Lipinski definition) is 13. The summed E-state index contributed by atoms with van der Waals surface area (Å²) in [4.78, 5) is 16.2. The molecule has 0 radical (unpaired) electrons. The second-order valence-electron chi connectivity index (χ2n) is 16.3. The first kappa shape index (κ1) is 41.4. The molecule has 13 heteroatoms. The molecule has 0 aromatic rings. The normalized spacial score (nSPS) is 46.5. The van der Waals surface area contributed by atoms with E-state index in [2.05, 4.69) is 0 Å². The number of carbonyl (C=O) groups is 1. The Balaban J connectivity index is 1.83. The third-order valence-electron chi connectivity index (χ3n) is 11.9. The lowest BCUT2D eigenvalue weighted by atomic mass is 9.78.